The van der Waals surface area contributed by atoms with E-state index in [0.29, 0.717) is 17.0 Å². The number of rotatable bonds is 10. The summed E-state index contributed by atoms with van der Waals surface area (Å²) in [6.45, 7) is 21.4. The molecular formula is C26H46O6S. The van der Waals surface area contributed by atoms with Crippen LogP contribution in [0.4, 0.5) is 0 Å². The lowest BCUT2D eigenvalue weighted by Gasteiger charge is -2.49. The van der Waals surface area contributed by atoms with Crippen LogP contribution in [-0.2, 0) is 16.5 Å². The second-order valence-electron chi connectivity index (χ2n) is 12.2. The first-order valence-corrected chi connectivity index (χ1v) is 13.2. The Bertz CT molecular complexity index is 937. The van der Waals surface area contributed by atoms with E-state index in [1.807, 2.05) is 6.92 Å². The third kappa shape index (κ3) is 6.56. The minimum absolute atomic E-state index is 0.0000985. The number of hydrogen-bond donors (Lipinski definition) is 2. The van der Waals surface area contributed by atoms with E-state index < -0.39 is 10.1 Å². The van der Waals surface area contributed by atoms with Gasteiger partial charge < -0.3 is 14.6 Å². The van der Waals surface area contributed by atoms with E-state index in [1.54, 1.807) is 0 Å². The molecule has 7 heteroatoms. The van der Waals surface area contributed by atoms with E-state index in [0.717, 1.165) is 12.8 Å². The van der Waals surface area contributed by atoms with Crippen molar-refractivity contribution in [2.75, 3.05) is 14.2 Å². The van der Waals surface area contributed by atoms with Gasteiger partial charge in [-0.25, -0.2) is 0 Å². The Morgan fingerprint density at radius 2 is 1.39 bits per heavy atom. The molecule has 0 saturated carbocycles. The molecule has 1 atom stereocenters. The fraction of sp³-hybridized carbons (Fsp3) is 0.769. The van der Waals surface area contributed by atoms with Crippen molar-refractivity contribution in [1.29, 1.82) is 0 Å². The molecule has 0 heterocycles. The van der Waals surface area contributed by atoms with E-state index in [9.17, 15) is 18.1 Å². The molecule has 0 bridgehead atoms. The Balaban J connectivity index is 4.30. The van der Waals surface area contributed by atoms with Crippen LogP contribution in [0.1, 0.15) is 99.1 Å². The Morgan fingerprint density at radius 1 is 0.909 bits per heavy atom. The summed E-state index contributed by atoms with van der Waals surface area (Å²) in [6.07, 6.45) is 1.99. The lowest BCUT2D eigenvalue weighted by Crippen LogP contribution is -2.38. The van der Waals surface area contributed by atoms with Crippen LogP contribution in [0, 0.1) is 22.2 Å². The van der Waals surface area contributed by atoms with Gasteiger partial charge in [0.1, 0.15) is 4.90 Å². The van der Waals surface area contributed by atoms with Gasteiger partial charge >= 0.3 is 0 Å². The van der Waals surface area contributed by atoms with Crippen LogP contribution < -0.4 is 9.47 Å². The zero-order valence-electron chi connectivity index (χ0n) is 22.7. The molecule has 0 aromatic heterocycles. The van der Waals surface area contributed by atoms with Crippen molar-refractivity contribution in [1.82, 2.24) is 0 Å². The molecule has 33 heavy (non-hydrogen) atoms. The van der Waals surface area contributed by atoms with E-state index in [1.165, 1.54) is 14.2 Å². The van der Waals surface area contributed by atoms with Crippen molar-refractivity contribution in [3.8, 4) is 17.2 Å². The van der Waals surface area contributed by atoms with E-state index in [2.05, 4.69) is 62.3 Å². The number of aromatic hydroxyl groups is 1. The van der Waals surface area contributed by atoms with Crippen LogP contribution in [0.25, 0.3) is 0 Å². The molecule has 0 fully saturated rings. The summed E-state index contributed by atoms with van der Waals surface area (Å²) in [5.74, 6) is -0.216. The molecule has 1 aromatic rings. The Kier molecular flexibility index (Phi) is 8.98. The maximum atomic E-state index is 12.6. The molecule has 0 amide bonds. The predicted molar refractivity (Wildman–Crippen MR) is 134 cm³/mol. The van der Waals surface area contributed by atoms with Crippen LogP contribution in [0.3, 0.4) is 0 Å². The van der Waals surface area contributed by atoms with Crippen LogP contribution in [-0.4, -0.2) is 32.3 Å². The van der Waals surface area contributed by atoms with Crippen molar-refractivity contribution in [2.24, 2.45) is 22.2 Å². The van der Waals surface area contributed by atoms with Gasteiger partial charge in [-0.1, -0.05) is 69.2 Å². The molecule has 0 spiro atoms. The topological polar surface area (TPSA) is 93.1 Å². The van der Waals surface area contributed by atoms with Gasteiger partial charge in [-0.2, -0.15) is 8.42 Å². The summed E-state index contributed by atoms with van der Waals surface area (Å²) < 4.78 is 46.2. The maximum Gasteiger partial charge on any atom is 0.298 e. The fourth-order valence-corrected chi connectivity index (χ4v) is 7.50. The number of methoxy groups -OCH3 is 2. The van der Waals surface area contributed by atoms with Crippen LogP contribution in [0.5, 0.6) is 17.2 Å². The van der Waals surface area contributed by atoms with E-state index in [-0.39, 0.29) is 50.7 Å². The van der Waals surface area contributed by atoms with Gasteiger partial charge in [-0.3, -0.25) is 4.55 Å². The summed E-state index contributed by atoms with van der Waals surface area (Å²) >= 11 is 0. The molecule has 192 valence electrons. The van der Waals surface area contributed by atoms with Crippen LogP contribution in [0.2, 0.25) is 0 Å². The average molecular weight is 487 g/mol. The molecular weight excluding hydrogens is 440 g/mol. The van der Waals surface area contributed by atoms with Gasteiger partial charge in [0.2, 0.25) is 5.75 Å². The fourth-order valence-electron chi connectivity index (χ4n) is 6.52. The molecule has 0 aliphatic carbocycles. The molecule has 0 aliphatic heterocycles. The summed E-state index contributed by atoms with van der Waals surface area (Å²) in [4.78, 5) is -0.325. The molecule has 1 aromatic carbocycles. The summed E-state index contributed by atoms with van der Waals surface area (Å²) in [5, 5.41) is 11.6. The van der Waals surface area contributed by atoms with Crippen LogP contribution >= 0.6 is 0 Å². The second kappa shape index (κ2) is 10.0. The average Bonchev–Trinajstić information content (AvgIpc) is 2.57. The third-order valence-corrected chi connectivity index (χ3v) is 7.22. The smallest absolute Gasteiger partial charge is 0.298 e. The highest BCUT2D eigenvalue weighted by molar-refractivity contribution is 7.86. The minimum Gasteiger partial charge on any atom is -0.504 e. The summed E-state index contributed by atoms with van der Waals surface area (Å²) in [7, 11) is -2.00. The van der Waals surface area contributed by atoms with Crippen LogP contribution in [0.15, 0.2) is 4.90 Å². The molecule has 1 unspecified atom stereocenters. The Morgan fingerprint density at radius 3 is 1.73 bits per heavy atom. The standard InChI is InChI=1S/C26H46O6S/c1-13-17-18(19(27)20(31-11)21(32-12)22(17)33(28,29)30)23(25(7,8)14-16(2)3)26(9,10)15-24(4,5)6/h16,23,27H,13-15H2,1-12H3,(H,28,29,30). The first-order valence-electron chi connectivity index (χ1n) is 11.7. The van der Waals surface area contributed by atoms with Crippen molar-refractivity contribution >= 4 is 10.1 Å². The zero-order valence-corrected chi connectivity index (χ0v) is 23.5. The van der Waals surface area contributed by atoms with Gasteiger partial charge in [0.15, 0.2) is 11.5 Å². The highest BCUT2D eigenvalue weighted by atomic mass is 32.2. The molecule has 2 N–H and O–H groups in total. The van der Waals surface area contributed by atoms with E-state index in [4.69, 9.17) is 9.47 Å². The minimum atomic E-state index is -4.66. The van der Waals surface area contributed by atoms with Crippen molar-refractivity contribution < 1.29 is 27.6 Å². The highest BCUT2D eigenvalue weighted by Crippen LogP contribution is 2.60. The lowest BCUT2D eigenvalue weighted by atomic mass is 9.55. The maximum absolute atomic E-state index is 12.6. The van der Waals surface area contributed by atoms with Gasteiger partial charge in [-0.05, 0) is 52.9 Å². The van der Waals surface area contributed by atoms with E-state index >= 15 is 0 Å². The largest absolute Gasteiger partial charge is 0.504 e. The summed E-state index contributed by atoms with van der Waals surface area (Å²) in [5.41, 5.74) is 0.258. The van der Waals surface area contributed by atoms with Crippen molar-refractivity contribution in [2.45, 2.75) is 99.3 Å². The van der Waals surface area contributed by atoms with Gasteiger partial charge in [0.25, 0.3) is 10.1 Å². The number of phenols is 1. The monoisotopic (exact) mass is 486 g/mol. The van der Waals surface area contributed by atoms with Gasteiger partial charge in [0.05, 0.1) is 14.2 Å². The number of ether oxygens (including phenoxy) is 2. The summed E-state index contributed by atoms with van der Waals surface area (Å²) in [6, 6.07) is 0. The molecule has 6 nitrogen and oxygen atoms in total. The molecule has 0 saturated heterocycles. The molecule has 0 radical (unpaired) electrons. The Labute approximate surface area is 201 Å². The zero-order chi connectivity index (χ0) is 26.2. The lowest BCUT2D eigenvalue weighted by molar-refractivity contribution is 0.0761. The van der Waals surface area contributed by atoms with Crippen molar-refractivity contribution in [3.05, 3.63) is 11.1 Å². The first-order chi connectivity index (χ1) is 14.7. The normalized spacial score (nSPS) is 14.5. The quantitative estimate of drug-likeness (QED) is 0.352. The SMILES string of the molecule is CCc1c(C(C(C)(C)CC(C)C)C(C)(C)CC(C)(C)C)c(O)c(OC)c(OC)c1S(=O)(=O)O. The van der Waals surface area contributed by atoms with Crippen molar-refractivity contribution in [3.63, 3.8) is 0 Å². The number of benzene rings is 1. The second-order valence-corrected chi connectivity index (χ2v) is 13.6. The number of hydrogen-bond acceptors (Lipinski definition) is 5. The van der Waals surface area contributed by atoms with Gasteiger partial charge in [0, 0.05) is 5.56 Å². The predicted octanol–water partition coefficient (Wildman–Crippen LogP) is 6.84. The Hall–Kier alpha value is -1.47. The highest BCUT2D eigenvalue weighted by Gasteiger charge is 2.47. The van der Waals surface area contributed by atoms with Gasteiger partial charge in [-0.15, -0.1) is 0 Å². The molecule has 0 aliphatic rings. The molecule has 1 rings (SSSR count). The third-order valence-electron chi connectivity index (χ3n) is 6.27. The number of phenolic OH excluding ortho intramolecular Hbond substituents is 1. The first kappa shape index (κ1) is 29.6.